The fourth-order valence-electron chi connectivity index (χ4n) is 1.48. The molecule has 0 heterocycles. The summed E-state index contributed by atoms with van der Waals surface area (Å²) in [7, 11) is -1.49. The standard InChI is InChI=1S/C13H27NO3Si/c1-3-5-10-16-18(17-11-6-4-2)12-8-7-9-14-13-15/h18H,3-12H2,1-2H3. The molecule has 0 radical (unpaired) electrons. The number of hydrogen-bond acceptors (Lipinski definition) is 4. The molecule has 0 N–H and O–H groups in total. The predicted octanol–water partition coefficient (Wildman–Crippen LogP) is 2.96. The molecule has 0 spiro atoms. The van der Waals surface area contributed by atoms with Crippen LogP contribution in [0, 0.1) is 0 Å². The Morgan fingerprint density at radius 1 is 1.00 bits per heavy atom. The van der Waals surface area contributed by atoms with Crippen molar-refractivity contribution in [2.45, 2.75) is 58.4 Å². The summed E-state index contributed by atoms with van der Waals surface area (Å²) in [4.78, 5) is 13.5. The van der Waals surface area contributed by atoms with Crippen molar-refractivity contribution in [1.29, 1.82) is 0 Å². The third-order valence-corrected chi connectivity index (χ3v) is 4.72. The Bertz CT molecular complexity index is 210. The van der Waals surface area contributed by atoms with Crippen molar-refractivity contribution in [3.63, 3.8) is 0 Å². The van der Waals surface area contributed by atoms with E-state index in [4.69, 9.17) is 8.85 Å². The molecule has 0 aromatic heterocycles. The number of carbonyl (C=O) groups excluding carboxylic acids is 1. The second kappa shape index (κ2) is 14.6. The van der Waals surface area contributed by atoms with E-state index in [0.29, 0.717) is 6.54 Å². The maximum absolute atomic E-state index is 9.92. The molecule has 0 aliphatic heterocycles. The fourth-order valence-corrected chi connectivity index (χ4v) is 3.39. The van der Waals surface area contributed by atoms with Gasteiger partial charge in [0.15, 0.2) is 0 Å². The molecule has 0 saturated carbocycles. The molecule has 0 aliphatic rings. The minimum atomic E-state index is -1.49. The molecular weight excluding hydrogens is 246 g/mol. The molecule has 0 amide bonds. The van der Waals surface area contributed by atoms with Gasteiger partial charge in [-0.15, -0.1) is 0 Å². The van der Waals surface area contributed by atoms with Gasteiger partial charge < -0.3 is 8.85 Å². The number of unbranched alkanes of at least 4 members (excludes halogenated alkanes) is 3. The third kappa shape index (κ3) is 12.0. The van der Waals surface area contributed by atoms with E-state index in [1.54, 1.807) is 6.08 Å². The Hall–Kier alpha value is -0.483. The zero-order chi connectivity index (χ0) is 13.5. The zero-order valence-corrected chi connectivity index (χ0v) is 13.0. The zero-order valence-electron chi connectivity index (χ0n) is 11.8. The second-order valence-corrected chi connectivity index (χ2v) is 6.45. The van der Waals surface area contributed by atoms with E-state index in [9.17, 15) is 4.79 Å². The molecule has 4 nitrogen and oxygen atoms in total. The van der Waals surface area contributed by atoms with E-state index >= 15 is 0 Å². The van der Waals surface area contributed by atoms with Crippen molar-refractivity contribution in [2.75, 3.05) is 19.8 Å². The van der Waals surface area contributed by atoms with Crippen LogP contribution in [-0.2, 0) is 13.6 Å². The Morgan fingerprint density at radius 3 is 2.11 bits per heavy atom. The van der Waals surface area contributed by atoms with Crippen molar-refractivity contribution in [1.82, 2.24) is 0 Å². The van der Waals surface area contributed by atoms with E-state index in [0.717, 1.165) is 57.8 Å². The minimum absolute atomic E-state index is 0.578. The first-order valence-corrected chi connectivity index (χ1v) is 8.87. The molecule has 0 atom stereocenters. The average Bonchev–Trinajstić information content (AvgIpc) is 2.38. The van der Waals surface area contributed by atoms with Gasteiger partial charge in [-0.3, -0.25) is 0 Å². The molecule has 0 unspecified atom stereocenters. The highest BCUT2D eigenvalue weighted by atomic mass is 28.3. The van der Waals surface area contributed by atoms with Gasteiger partial charge in [-0.05, 0) is 31.7 Å². The molecule has 0 rings (SSSR count). The van der Waals surface area contributed by atoms with Crippen molar-refractivity contribution in [3.05, 3.63) is 0 Å². The molecule has 0 saturated heterocycles. The summed E-state index contributed by atoms with van der Waals surface area (Å²) < 4.78 is 11.7. The summed E-state index contributed by atoms with van der Waals surface area (Å²) >= 11 is 0. The predicted molar refractivity (Wildman–Crippen MR) is 75.9 cm³/mol. The Balaban J connectivity index is 3.69. The summed E-state index contributed by atoms with van der Waals surface area (Å²) in [6.07, 6.45) is 8.04. The van der Waals surface area contributed by atoms with Crippen LogP contribution in [0.15, 0.2) is 4.99 Å². The number of rotatable bonds is 13. The lowest BCUT2D eigenvalue weighted by Gasteiger charge is -2.16. The fraction of sp³-hybridized carbons (Fsp3) is 0.923. The van der Waals surface area contributed by atoms with Gasteiger partial charge in [0.1, 0.15) is 0 Å². The quantitative estimate of drug-likeness (QED) is 0.224. The van der Waals surface area contributed by atoms with E-state index in [2.05, 4.69) is 18.8 Å². The molecule has 0 fully saturated rings. The second-order valence-electron chi connectivity index (χ2n) is 4.35. The Labute approximate surface area is 113 Å². The number of isocyanates is 1. The summed E-state index contributed by atoms with van der Waals surface area (Å²) in [5.41, 5.74) is 0. The monoisotopic (exact) mass is 273 g/mol. The van der Waals surface area contributed by atoms with Gasteiger partial charge in [-0.2, -0.15) is 0 Å². The smallest absolute Gasteiger partial charge is 0.321 e. The van der Waals surface area contributed by atoms with Crippen LogP contribution in [0.5, 0.6) is 0 Å². The maximum Gasteiger partial charge on any atom is 0.321 e. The average molecular weight is 273 g/mol. The Morgan fingerprint density at radius 2 is 1.61 bits per heavy atom. The topological polar surface area (TPSA) is 47.9 Å². The number of nitrogens with zero attached hydrogens (tertiary/aromatic N) is 1. The van der Waals surface area contributed by atoms with Gasteiger partial charge in [0, 0.05) is 13.2 Å². The van der Waals surface area contributed by atoms with Crippen LogP contribution < -0.4 is 0 Å². The number of aliphatic imine (C=N–C) groups is 1. The van der Waals surface area contributed by atoms with Crippen LogP contribution in [0.25, 0.3) is 0 Å². The summed E-state index contributed by atoms with van der Waals surface area (Å²) in [5, 5.41) is 0. The third-order valence-electron chi connectivity index (χ3n) is 2.63. The first-order chi connectivity index (χ1) is 8.85. The van der Waals surface area contributed by atoms with Crippen molar-refractivity contribution in [3.8, 4) is 0 Å². The van der Waals surface area contributed by atoms with Gasteiger partial charge >= 0.3 is 9.28 Å². The van der Waals surface area contributed by atoms with Crippen LogP contribution in [0.3, 0.4) is 0 Å². The molecule has 0 aliphatic carbocycles. The van der Waals surface area contributed by atoms with Gasteiger partial charge in [0.2, 0.25) is 6.08 Å². The molecule has 5 heteroatoms. The molecule has 106 valence electrons. The molecule has 0 bridgehead atoms. The van der Waals surface area contributed by atoms with E-state index in [1.165, 1.54) is 0 Å². The van der Waals surface area contributed by atoms with Crippen molar-refractivity contribution >= 4 is 15.4 Å². The highest BCUT2D eigenvalue weighted by Gasteiger charge is 2.12. The van der Waals surface area contributed by atoms with Gasteiger partial charge in [-0.25, -0.2) is 9.79 Å². The molecular formula is C13H27NO3Si. The first kappa shape index (κ1) is 17.5. The van der Waals surface area contributed by atoms with Gasteiger partial charge in [-0.1, -0.05) is 26.7 Å². The lowest BCUT2D eigenvalue weighted by Crippen LogP contribution is -2.24. The summed E-state index contributed by atoms with van der Waals surface area (Å²) in [6.45, 7) is 6.55. The molecule has 0 aromatic rings. The highest BCUT2D eigenvalue weighted by molar-refractivity contribution is 6.44. The lowest BCUT2D eigenvalue weighted by molar-refractivity contribution is 0.190. The maximum atomic E-state index is 9.92. The van der Waals surface area contributed by atoms with Crippen LogP contribution >= 0.6 is 0 Å². The molecule has 0 aromatic carbocycles. The summed E-state index contributed by atoms with van der Waals surface area (Å²) in [5.74, 6) is 0. The van der Waals surface area contributed by atoms with E-state index < -0.39 is 9.28 Å². The first-order valence-electron chi connectivity index (χ1n) is 7.12. The Kier molecular flexibility index (Phi) is 14.2. The number of hydrogen-bond donors (Lipinski definition) is 0. The normalized spacial score (nSPS) is 10.6. The largest absolute Gasteiger partial charge is 0.397 e. The van der Waals surface area contributed by atoms with E-state index in [-0.39, 0.29) is 0 Å². The van der Waals surface area contributed by atoms with Gasteiger partial charge in [0.05, 0.1) is 6.54 Å². The van der Waals surface area contributed by atoms with Gasteiger partial charge in [0.25, 0.3) is 0 Å². The highest BCUT2D eigenvalue weighted by Crippen LogP contribution is 2.07. The van der Waals surface area contributed by atoms with E-state index in [1.807, 2.05) is 0 Å². The molecule has 18 heavy (non-hydrogen) atoms. The van der Waals surface area contributed by atoms with Crippen LogP contribution in [0.1, 0.15) is 52.4 Å². The SMILES string of the molecule is CCCCO[SiH](CCCCN=C=O)OCCCC. The van der Waals surface area contributed by atoms with Crippen molar-refractivity contribution < 1.29 is 13.6 Å². The van der Waals surface area contributed by atoms with Crippen LogP contribution in [-0.4, -0.2) is 35.1 Å². The van der Waals surface area contributed by atoms with Crippen molar-refractivity contribution in [2.24, 2.45) is 4.99 Å². The van der Waals surface area contributed by atoms with Crippen LogP contribution in [0.2, 0.25) is 6.04 Å². The summed E-state index contributed by atoms with van der Waals surface area (Å²) in [6, 6.07) is 1.02. The van der Waals surface area contributed by atoms with Crippen LogP contribution in [0.4, 0.5) is 0 Å². The lowest BCUT2D eigenvalue weighted by atomic mass is 10.3. The minimum Gasteiger partial charge on any atom is -0.397 e.